The monoisotopic (exact) mass is 458 g/mol. The van der Waals surface area contributed by atoms with E-state index in [9.17, 15) is 19.6 Å². The summed E-state index contributed by atoms with van der Waals surface area (Å²) in [5.74, 6) is -0.909. The molecule has 0 aromatic heterocycles. The maximum Gasteiger partial charge on any atom is 0.489 e. The lowest BCUT2D eigenvalue weighted by molar-refractivity contribution is 0.0271. The lowest BCUT2D eigenvalue weighted by Gasteiger charge is -2.40. The molecule has 2 aromatic rings. The van der Waals surface area contributed by atoms with E-state index < -0.39 is 13.0 Å². The van der Waals surface area contributed by atoms with E-state index in [0.29, 0.717) is 12.0 Å². The minimum Gasteiger partial charge on any atom is -0.423 e. The van der Waals surface area contributed by atoms with Gasteiger partial charge in [-0.1, -0.05) is 75.0 Å². The second kappa shape index (κ2) is 10.5. The Morgan fingerprint density at radius 3 is 2.22 bits per heavy atom. The van der Waals surface area contributed by atoms with Crippen LogP contribution in [-0.2, 0) is 0 Å². The number of nitrogens with zero attached hydrogens (tertiary/aromatic N) is 1. The standard InChI is InChI=1S/C24H32BClN2O4/c1-7-9-20(24(4,5)6)28(23(30)17-13-15(2)12-16(3)14-17)27-22(29)18-10-8-11-19(21(18)26)25(31)32/h8,10-14,20,31-32H,7,9H2,1-6H3,(H,27,29). The lowest BCUT2D eigenvalue weighted by Crippen LogP contribution is -2.56. The van der Waals surface area contributed by atoms with Crippen LogP contribution in [0.2, 0.25) is 5.02 Å². The third-order valence-electron chi connectivity index (χ3n) is 5.33. The molecule has 3 N–H and O–H groups in total. The van der Waals surface area contributed by atoms with E-state index in [2.05, 4.69) is 5.43 Å². The van der Waals surface area contributed by atoms with E-state index in [4.69, 9.17) is 11.6 Å². The van der Waals surface area contributed by atoms with Crippen molar-refractivity contribution < 1.29 is 19.6 Å². The van der Waals surface area contributed by atoms with Crippen molar-refractivity contribution in [2.75, 3.05) is 0 Å². The minimum atomic E-state index is -1.81. The maximum absolute atomic E-state index is 13.6. The molecular weight excluding hydrogens is 427 g/mol. The van der Waals surface area contributed by atoms with E-state index in [-0.39, 0.29) is 33.4 Å². The summed E-state index contributed by atoms with van der Waals surface area (Å²) in [6.07, 6.45) is 1.50. The maximum atomic E-state index is 13.6. The number of amides is 2. The molecule has 0 bridgehead atoms. The van der Waals surface area contributed by atoms with Crippen molar-refractivity contribution in [3.8, 4) is 0 Å². The molecule has 1 unspecified atom stereocenters. The van der Waals surface area contributed by atoms with Crippen molar-refractivity contribution in [3.05, 3.63) is 63.7 Å². The van der Waals surface area contributed by atoms with Gasteiger partial charge in [-0.25, -0.2) is 5.01 Å². The number of rotatable bonds is 6. The molecule has 1 atom stereocenters. The highest BCUT2D eigenvalue weighted by Crippen LogP contribution is 2.29. The van der Waals surface area contributed by atoms with Crippen LogP contribution >= 0.6 is 11.6 Å². The van der Waals surface area contributed by atoms with Gasteiger partial charge in [-0.05, 0) is 43.9 Å². The molecule has 0 saturated heterocycles. The van der Waals surface area contributed by atoms with E-state index in [0.717, 1.165) is 17.5 Å². The molecule has 32 heavy (non-hydrogen) atoms. The quantitative estimate of drug-likeness (QED) is 0.455. The van der Waals surface area contributed by atoms with E-state index >= 15 is 0 Å². The normalized spacial score (nSPS) is 12.3. The molecule has 0 spiro atoms. The van der Waals surface area contributed by atoms with Gasteiger partial charge < -0.3 is 10.0 Å². The van der Waals surface area contributed by atoms with Gasteiger partial charge in [0.2, 0.25) is 0 Å². The number of hydrazine groups is 1. The number of hydrogen-bond acceptors (Lipinski definition) is 4. The Morgan fingerprint density at radius 1 is 1.12 bits per heavy atom. The summed E-state index contributed by atoms with van der Waals surface area (Å²) < 4.78 is 0. The molecule has 0 saturated carbocycles. The summed E-state index contributed by atoms with van der Waals surface area (Å²) in [6.45, 7) is 11.9. The van der Waals surface area contributed by atoms with Crippen molar-refractivity contribution in [1.82, 2.24) is 10.4 Å². The Labute approximate surface area is 195 Å². The van der Waals surface area contributed by atoms with Gasteiger partial charge in [-0.2, -0.15) is 0 Å². The van der Waals surface area contributed by atoms with Crippen LogP contribution in [0.4, 0.5) is 0 Å². The first kappa shape index (κ1) is 25.9. The molecule has 0 fully saturated rings. The summed E-state index contributed by atoms with van der Waals surface area (Å²) in [7, 11) is -1.81. The van der Waals surface area contributed by atoms with E-state index in [1.165, 1.54) is 23.2 Å². The van der Waals surface area contributed by atoms with Gasteiger partial charge >= 0.3 is 7.12 Å². The van der Waals surface area contributed by atoms with Crippen LogP contribution in [0.15, 0.2) is 36.4 Å². The molecule has 2 aromatic carbocycles. The molecule has 0 radical (unpaired) electrons. The highest BCUT2D eigenvalue weighted by Gasteiger charge is 2.35. The van der Waals surface area contributed by atoms with E-state index in [1.807, 2.05) is 47.6 Å². The highest BCUT2D eigenvalue weighted by atomic mass is 35.5. The molecule has 0 aliphatic heterocycles. The van der Waals surface area contributed by atoms with Crippen LogP contribution in [0.3, 0.4) is 0 Å². The molecular formula is C24H32BClN2O4. The molecule has 2 rings (SSSR count). The molecule has 172 valence electrons. The Kier molecular flexibility index (Phi) is 8.51. The Balaban J connectivity index is 2.53. The third-order valence-corrected chi connectivity index (χ3v) is 5.76. The number of benzene rings is 2. The predicted molar refractivity (Wildman–Crippen MR) is 129 cm³/mol. The average molecular weight is 459 g/mol. The number of nitrogens with one attached hydrogen (secondary N) is 1. The third kappa shape index (κ3) is 6.12. The zero-order valence-corrected chi connectivity index (χ0v) is 20.3. The van der Waals surface area contributed by atoms with Crippen LogP contribution in [-0.4, -0.2) is 40.0 Å². The number of hydrogen-bond donors (Lipinski definition) is 3. The zero-order chi connectivity index (χ0) is 24.2. The summed E-state index contributed by atoms with van der Waals surface area (Å²) in [4.78, 5) is 26.8. The van der Waals surface area contributed by atoms with Crippen LogP contribution in [0.5, 0.6) is 0 Å². The van der Waals surface area contributed by atoms with Crippen molar-refractivity contribution in [3.63, 3.8) is 0 Å². The molecule has 8 heteroatoms. The van der Waals surface area contributed by atoms with Gasteiger partial charge in [-0.15, -0.1) is 0 Å². The van der Waals surface area contributed by atoms with Gasteiger partial charge in [0, 0.05) is 11.0 Å². The van der Waals surface area contributed by atoms with Crippen molar-refractivity contribution >= 4 is 36.0 Å². The van der Waals surface area contributed by atoms with Crippen molar-refractivity contribution in [2.45, 2.75) is 60.4 Å². The van der Waals surface area contributed by atoms with Crippen LogP contribution in [0, 0.1) is 19.3 Å². The fourth-order valence-corrected chi connectivity index (χ4v) is 4.13. The molecule has 0 aliphatic rings. The lowest BCUT2D eigenvalue weighted by atomic mass is 9.79. The Morgan fingerprint density at radius 2 is 1.72 bits per heavy atom. The Bertz CT molecular complexity index is 968. The molecule has 0 aliphatic carbocycles. The fraction of sp³-hybridized carbons (Fsp3) is 0.417. The minimum absolute atomic E-state index is 0.0208. The van der Waals surface area contributed by atoms with Crippen LogP contribution < -0.4 is 10.9 Å². The van der Waals surface area contributed by atoms with Gasteiger partial charge in [0.1, 0.15) is 0 Å². The number of aryl methyl sites for hydroxylation is 2. The largest absolute Gasteiger partial charge is 0.489 e. The molecule has 2 amide bonds. The smallest absolute Gasteiger partial charge is 0.423 e. The number of halogens is 1. The molecule has 0 heterocycles. The van der Waals surface area contributed by atoms with E-state index in [1.54, 1.807) is 12.1 Å². The summed E-state index contributed by atoms with van der Waals surface area (Å²) >= 11 is 6.27. The topological polar surface area (TPSA) is 89.9 Å². The first-order valence-electron chi connectivity index (χ1n) is 10.7. The summed E-state index contributed by atoms with van der Waals surface area (Å²) in [5.41, 5.74) is 4.92. The zero-order valence-electron chi connectivity index (χ0n) is 19.6. The first-order chi connectivity index (χ1) is 14.9. The number of carbonyl (C=O) groups is 2. The summed E-state index contributed by atoms with van der Waals surface area (Å²) in [6, 6.07) is 9.73. The van der Waals surface area contributed by atoms with Crippen molar-refractivity contribution in [1.29, 1.82) is 0 Å². The Hall–Kier alpha value is -2.35. The SMILES string of the molecule is CCCC(N(NC(=O)c1cccc(B(O)O)c1Cl)C(=O)c1cc(C)cc(C)c1)C(C)(C)C. The average Bonchev–Trinajstić information content (AvgIpc) is 2.68. The molecule has 6 nitrogen and oxygen atoms in total. The van der Waals surface area contributed by atoms with Gasteiger partial charge in [-0.3, -0.25) is 15.0 Å². The predicted octanol–water partition coefficient (Wildman–Crippen LogP) is 3.64. The van der Waals surface area contributed by atoms with Gasteiger partial charge in [0.25, 0.3) is 11.8 Å². The fourth-order valence-electron chi connectivity index (χ4n) is 3.82. The van der Waals surface area contributed by atoms with Crippen molar-refractivity contribution in [2.24, 2.45) is 5.41 Å². The second-order valence-corrected chi connectivity index (χ2v) is 9.62. The van der Waals surface area contributed by atoms with Crippen LogP contribution in [0.1, 0.15) is 72.4 Å². The van der Waals surface area contributed by atoms with Gasteiger partial charge in [0.05, 0.1) is 16.6 Å². The van der Waals surface area contributed by atoms with Gasteiger partial charge in [0.15, 0.2) is 0 Å². The summed E-state index contributed by atoms with van der Waals surface area (Å²) in [5, 5.41) is 20.4. The highest BCUT2D eigenvalue weighted by molar-refractivity contribution is 6.63. The second-order valence-electron chi connectivity index (χ2n) is 9.25. The first-order valence-corrected chi connectivity index (χ1v) is 11.1. The van der Waals surface area contributed by atoms with Crippen LogP contribution in [0.25, 0.3) is 0 Å². The number of carbonyl (C=O) groups excluding carboxylic acids is 2.